The molecule has 2 aromatic rings. The number of hydrogen-bond donors (Lipinski definition) is 2. The lowest BCUT2D eigenvalue weighted by Gasteiger charge is -2.47. The number of carboxylic acid groups (broad SMARTS) is 2. The third-order valence-electron chi connectivity index (χ3n) is 5.28. The van der Waals surface area contributed by atoms with Gasteiger partial charge in [-0.1, -0.05) is 12.1 Å². The van der Waals surface area contributed by atoms with Crippen molar-refractivity contribution in [2.75, 3.05) is 26.2 Å². The van der Waals surface area contributed by atoms with Crippen molar-refractivity contribution in [1.29, 1.82) is 0 Å². The van der Waals surface area contributed by atoms with Crippen LogP contribution in [0.15, 0.2) is 42.7 Å². The largest absolute Gasteiger partial charge is 0.483 e. The highest BCUT2D eigenvalue weighted by atomic mass is 19.2. The molecule has 2 saturated heterocycles. The number of rotatable bonds is 3. The van der Waals surface area contributed by atoms with Crippen molar-refractivity contribution in [2.45, 2.75) is 25.1 Å². The lowest BCUT2D eigenvalue weighted by Crippen LogP contribution is -2.61. The van der Waals surface area contributed by atoms with Gasteiger partial charge in [0.1, 0.15) is 0 Å². The highest BCUT2D eigenvalue weighted by Crippen LogP contribution is 2.26. The number of carbonyl (C=O) groups is 3. The minimum Gasteiger partial charge on any atom is -0.483 e. The van der Waals surface area contributed by atoms with E-state index in [9.17, 15) is 13.6 Å². The number of halogens is 2. The van der Waals surface area contributed by atoms with Crippen molar-refractivity contribution in [3.05, 3.63) is 65.5 Å². The fraction of sp³-hybridized carbons (Fsp3) is 0.364. The van der Waals surface area contributed by atoms with E-state index in [0.29, 0.717) is 43.9 Å². The van der Waals surface area contributed by atoms with Gasteiger partial charge in [-0.15, -0.1) is 0 Å². The second-order valence-electron chi connectivity index (χ2n) is 7.16. The van der Waals surface area contributed by atoms with Crippen molar-refractivity contribution in [3.63, 3.8) is 0 Å². The Balaban J connectivity index is 0.000000582. The molecule has 2 aliphatic rings. The molecule has 1 aromatic heterocycles. The molecule has 178 valence electrons. The molecule has 4 rings (SSSR count). The lowest BCUT2D eigenvalue weighted by atomic mass is 9.97. The Bertz CT molecular complexity index is 912. The summed E-state index contributed by atoms with van der Waals surface area (Å²) in [6.45, 7) is 2.12. The maximum atomic E-state index is 14.0. The zero-order chi connectivity index (χ0) is 24.2. The molecular weight excluding hydrogens is 440 g/mol. The molecule has 1 aromatic carbocycles. The molecule has 0 saturated carbocycles. The van der Waals surface area contributed by atoms with Crippen molar-refractivity contribution in [2.24, 2.45) is 0 Å². The number of nitrogens with zero attached hydrogens (tertiary/aromatic N) is 3. The van der Waals surface area contributed by atoms with Crippen LogP contribution in [0.3, 0.4) is 0 Å². The Hall–Kier alpha value is -3.44. The Morgan fingerprint density at radius 2 is 1.79 bits per heavy atom. The third-order valence-corrected chi connectivity index (χ3v) is 5.28. The first kappa shape index (κ1) is 25.8. The van der Waals surface area contributed by atoms with Gasteiger partial charge in [-0.2, -0.15) is 0 Å². The van der Waals surface area contributed by atoms with Gasteiger partial charge in [-0.3, -0.25) is 24.3 Å². The minimum atomic E-state index is -0.835. The highest BCUT2D eigenvalue weighted by Gasteiger charge is 2.39. The van der Waals surface area contributed by atoms with Gasteiger partial charge in [-0.25, -0.2) is 8.78 Å². The monoisotopic (exact) mass is 465 g/mol. The van der Waals surface area contributed by atoms with E-state index in [1.807, 2.05) is 4.90 Å². The molecule has 1 amide bonds. The van der Waals surface area contributed by atoms with E-state index in [4.69, 9.17) is 24.5 Å². The van der Waals surface area contributed by atoms with Crippen LogP contribution in [0.5, 0.6) is 0 Å². The summed E-state index contributed by atoms with van der Waals surface area (Å²) in [5.74, 6) is -1.68. The van der Waals surface area contributed by atoms with Crippen molar-refractivity contribution >= 4 is 18.9 Å². The Kier molecular flexibility index (Phi) is 10.3. The molecule has 0 unspecified atom stereocenters. The summed E-state index contributed by atoms with van der Waals surface area (Å²) in [5, 5.41) is 13.8. The quantitative estimate of drug-likeness (QED) is 0.660. The third kappa shape index (κ3) is 7.02. The Morgan fingerprint density at radius 3 is 2.45 bits per heavy atom. The van der Waals surface area contributed by atoms with Crippen LogP contribution in [0.2, 0.25) is 0 Å². The van der Waals surface area contributed by atoms with E-state index in [1.165, 1.54) is 6.07 Å². The van der Waals surface area contributed by atoms with Crippen LogP contribution in [0.4, 0.5) is 8.78 Å². The fourth-order valence-electron chi connectivity index (χ4n) is 3.91. The molecule has 0 aliphatic carbocycles. The summed E-state index contributed by atoms with van der Waals surface area (Å²) in [7, 11) is 0. The van der Waals surface area contributed by atoms with Crippen molar-refractivity contribution in [1.82, 2.24) is 14.8 Å². The van der Waals surface area contributed by atoms with Crippen LogP contribution in [-0.2, 0) is 20.9 Å². The molecular formula is C22H25F2N3O6. The Morgan fingerprint density at radius 1 is 1.12 bits per heavy atom. The topological polar surface area (TPSA) is 120 Å². The van der Waals surface area contributed by atoms with Gasteiger partial charge >= 0.3 is 0 Å². The van der Waals surface area contributed by atoms with Gasteiger partial charge in [0, 0.05) is 49.7 Å². The summed E-state index contributed by atoms with van der Waals surface area (Å²) in [4.78, 5) is 37.5. The van der Waals surface area contributed by atoms with Crippen LogP contribution in [0.25, 0.3) is 0 Å². The maximum Gasteiger partial charge on any atom is 0.290 e. The molecule has 2 aliphatic heterocycles. The van der Waals surface area contributed by atoms with E-state index < -0.39 is 11.6 Å². The minimum absolute atomic E-state index is 0.0295. The van der Waals surface area contributed by atoms with Crippen LogP contribution in [0, 0.1) is 11.6 Å². The average Bonchev–Trinajstić information content (AvgIpc) is 2.83. The molecule has 11 heteroatoms. The first-order chi connectivity index (χ1) is 16.0. The summed E-state index contributed by atoms with van der Waals surface area (Å²) in [6.07, 6.45) is 3.93. The van der Waals surface area contributed by atoms with Gasteiger partial charge < -0.3 is 19.8 Å². The second-order valence-corrected chi connectivity index (χ2v) is 7.16. The fourth-order valence-corrected chi connectivity index (χ4v) is 3.91. The molecule has 2 fully saturated rings. The lowest BCUT2D eigenvalue weighted by molar-refractivity contribution is -0.123. The number of benzene rings is 1. The number of morpholine rings is 1. The van der Waals surface area contributed by atoms with Crippen molar-refractivity contribution < 1.29 is 38.1 Å². The summed E-state index contributed by atoms with van der Waals surface area (Å²) in [6, 6.07) is 7.54. The zero-order valence-corrected chi connectivity index (χ0v) is 17.7. The van der Waals surface area contributed by atoms with Crippen LogP contribution >= 0.6 is 0 Å². The zero-order valence-electron chi connectivity index (χ0n) is 17.7. The molecule has 2 atom stereocenters. The van der Waals surface area contributed by atoms with Crippen molar-refractivity contribution in [3.8, 4) is 0 Å². The Labute approximate surface area is 189 Å². The average molecular weight is 465 g/mol. The van der Waals surface area contributed by atoms with E-state index in [0.717, 1.165) is 12.5 Å². The first-order valence-corrected chi connectivity index (χ1v) is 10.1. The summed E-state index contributed by atoms with van der Waals surface area (Å²) >= 11 is 0. The smallest absolute Gasteiger partial charge is 0.290 e. The number of likely N-dealkylation sites (tertiary alicyclic amines) is 1. The molecule has 0 spiro atoms. The van der Waals surface area contributed by atoms with E-state index in [2.05, 4.69) is 9.88 Å². The molecule has 0 radical (unpaired) electrons. The molecule has 9 nitrogen and oxygen atoms in total. The van der Waals surface area contributed by atoms with Crippen LogP contribution < -0.4 is 0 Å². The van der Waals surface area contributed by atoms with Gasteiger partial charge in [0.2, 0.25) is 0 Å². The van der Waals surface area contributed by atoms with Crippen LogP contribution in [-0.4, -0.2) is 82.2 Å². The predicted octanol–water partition coefficient (Wildman–Crippen LogP) is 1.88. The normalized spacial score (nSPS) is 19.6. The second kappa shape index (κ2) is 13.2. The molecule has 33 heavy (non-hydrogen) atoms. The van der Waals surface area contributed by atoms with E-state index in [1.54, 1.807) is 30.6 Å². The molecule has 2 N–H and O–H groups in total. The maximum absolute atomic E-state index is 14.0. The standard InChI is InChI=1S/C20H21F2N3O2.2CH2O2/c21-16-3-1-2-15(19(16)22)12-24-9-6-18-17(13-24)25(10-11-27-18)20(26)14-4-7-23-8-5-14;2*2-1-3/h1-5,7-8,17-18H,6,9-13H2;2*1H,(H,2,3)/t17-,18-;;/m0../s1. The number of amides is 1. The molecule has 3 heterocycles. The number of piperidine rings is 1. The number of aromatic nitrogens is 1. The van der Waals surface area contributed by atoms with Gasteiger partial charge in [-0.05, 0) is 24.6 Å². The number of carbonyl (C=O) groups excluding carboxylic acids is 1. The first-order valence-electron chi connectivity index (χ1n) is 10.1. The van der Waals surface area contributed by atoms with E-state index >= 15 is 0 Å². The van der Waals surface area contributed by atoms with Gasteiger partial charge in [0.15, 0.2) is 11.6 Å². The summed E-state index contributed by atoms with van der Waals surface area (Å²) < 4.78 is 33.4. The number of pyridine rings is 1. The summed E-state index contributed by atoms with van der Waals surface area (Å²) in [5.41, 5.74) is 0.927. The van der Waals surface area contributed by atoms with Crippen LogP contribution in [0.1, 0.15) is 22.3 Å². The predicted molar refractivity (Wildman–Crippen MR) is 112 cm³/mol. The van der Waals surface area contributed by atoms with Gasteiger partial charge in [0.05, 0.1) is 18.8 Å². The highest BCUT2D eigenvalue weighted by molar-refractivity contribution is 5.94. The number of ether oxygens (including phenoxy) is 1. The van der Waals surface area contributed by atoms with E-state index in [-0.39, 0.29) is 31.0 Å². The van der Waals surface area contributed by atoms with Gasteiger partial charge in [0.25, 0.3) is 18.9 Å². The molecule has 0 bridgehead atoms. The number of hydrogen-bond acceptors (Lipinski definition) is 6. The number of fused-ring (bicyclic) bond motifs is 1. The SMILES string of the molecule is O=C(c1ccncc1)N1CCO[C@H]2CCN(Cc3cccc(F)c3F)C[C@@H]21.O=CO.O=CO.